The Morgan fingerprint density at radius 2 is 1.88 bits per heavy atom. The average molecular weight is 342 g/mol. The number of likely N-dealkylation sites (tertiary alicyclic amines) is 1. The molecule has 3 rings (SSSR count). The first-order chi connectivity index (χ1) is 12.1. The van der Waals surface area contributed by atoms with Crippen molar-refractivity contribution >= 4 is 5.91 Å². The smallest absolute Gasteiger partial charge is 0.263 e. The molecule has 1 fully saturated rings. The molecule has 0 saturated carbocycles. The summed E-state index contributed by atoms with van der Waals surface area (Å²) >= 11 is 0. The molecule has 0 aliphatic carbocycles. The van der Waals surface area contributed by atoms with Crippen LogP contribution in [0.15, 0.2) is 54.6 Å². The number of carbonyl (C=O) groups excluding carboxylic acids is 1. The van der Waals surface area contributed by atoms with E-state index in [-0.39, 0.29) is 23.6 Å². The van der Waals surface area contributed by atoms with Gasteiger partial charge in [0.15, 0.2) is 17.7 Å². The van der Waals surface area contributed by atoms with Gasteiger partial charge in [-0.15, -0.1) is 0 Å². The second-order valence-corrected chi connectivity index (χ2v) is 6.37. The lowest BCUT2D eigenvalue weighted by Gasteiger charge is -2.23. The number of benzene rings is 2. The fourth-order valence-corrected chi connectivity index (χ4v) is 3.27. The van der Waals surface area contributed by atoms with Crippen LogP contribution in [0.2, 0.25) is 0 Å². The maximum Gasteiger partial charge on any atom is 0.263 e. The third-order valence-electron chi connectivity index (χ3n) is 4.66. The summed E-state index contributed by atoms with van der Waals surface area (Å²) in [6.07, 6.45) is -0.242. The Morgan fingerprint density at radius 3 is 2.56 bits per heavy atom. The van der Waals surface area contributed by atoms with E-state index in [0.29, 0.717) is 19.5 Å². The molecule has 2 aromatic carbocycles. The van der Waals surface area contributed by atoms with Crippen LogP contribution in [0.1, 0.15) is 24.8 Å². The highest BCUT2D eigenvalue weighted by atomic mass is 19.1. The molecule has 0 bridgehead atoms. The van der Waals surface area contributed by atoms with Crippen LogP contribution in [0, 0.1) is 5.82 Å². The van der Waals surface area contributed by atoms with Gasteiger partial charge < -0.3 is 15.4 Å². The standard InChI is InChI=1S/C20H23FN2O2/c1-2-18(25-19-11-7-6-10-16(19)21)20(24)23-12-15(17(22)13-23)14-8-4-3-5-9-14/h3-11,15,17-18H,2,12-13,22H2,1H3/t15-,17+,18?/m0/s1. The van der Waals surface area contributed by atoms with Gasteiger partial charge in [0.1, 0.15) is 0 Å². The molecule has 0 spiro atoms. The second kappa shape index (κ2) is 7.66. The maximum absolute atomic E-state index is 13.8. The van der Waals surface area contributed by atoms with Gasteiger partial charge in [0, 0.05) is 25.0 Å². The Bertz CT molecular complexity index is 723. The van der Waals surface area contributed by atoms with Gasteiger partial charge in [0.25, 0.3) is 5.91 Å². The fourth-order valence-electron chi connectivity index (χ4n) is 3.27. The van der Waals surface area contributed by atoms with Crippen molar-refractivity contribution in [1.82, 2.24) is 4.90 Å². The summed E-state index contributed by atoms with van der Waals surface area (Å²) in [6, 6.07) is 16.0. The second-order valence-electron chi connectivity index (χ2n) is 6.37. The zero-order chi connectivity index (χ0) is 17.8. The van der Waals surface area contributed by atoms with Crippen molar-refractivity contribution in [1.29, 1.82) is 0 Å². The van der Waals surface area contributed by atoms with Crippen molar-refractivity contribution in [2.24, 2.45) is 5.73 Å². The number of carbonyl (C=O) groups is 1. The number of ether oxygens (including phenoxy) is 1. The minimum Gasteiger partial charge on any atom is -0.478 e. The van der Waals surface area contributed by atoms with Crippen LogP contribution in [0.25, 0.3) is 0 Å². The third kappa shape index (κ3) is 3.82. The molecule has 5 heteroatoms. The molecule has 1 heterocycles. The molecule has 4 nitrogen and oxygen atoms in total. The fraction of sp³-hybridized carbons (Fsp3) is 0.350. The summed E-state index contributed by atoms with van der Waals surface area (Å²) in [7, 11) is 0. The van der Waals surface area contributed by atoms with Crippen LogP contribution in [0.4, 0.5) is 4.39 Å². The molecule has 2 aromatic rings. The largest absolute Gasteiger partial charge is 0.478 e. The summed E-state index contributed by atoms with van der Waals surface area (Å²) in [4.78, 5) is 14.6. The Balaban J connectivity index is 1.70. The van der Waals surface area contributed by atoms with Gasteiger partial charge in [-0.2, -0.15) is 0 Å². The van der Waals surface area contributed by atoms with Crippen molar-refractivity contribution in [2.75, 3.05) is 13.1 Å². The van der Waals surface area contributed by atoms with E-state index in [2.05, 4.69) is 0 Å². The molecule has 25 heavy (non-hydrogen) atoms. The van der Waals surface area contributed by atoms with Crippen molar-refractivity contribution in [3.63, 3.8) is 0 Å². The number of rotatable bonds is 5. The number of amides is 1. The molecule has 1 aliphatic rings. The molecule has 1 amide bonds. The van der Waals surface area contributed by atoms with Crippen LogP contribution >= 0.6 is 0 Å². The lowest BCUT2D eigenvalue weighted by atomic mass is 9.95. The van der Waals surface area contributed by atoms with Crippen LogP contribution in [0.3, 0.4) is 0 Å². The van der Waals surface area contributed by atoms with Gasteiger partial charge in [0.2, 0.25) is 0 Å². The Hall–Kier alpha value is -2.40. The van der Waals surface area contributed by atoms with Gasteiger partial charge in [-0.1, -0.05) is 49.4 Å². The number of para-hydroxylation sites is 1. The molecular weight excluding hydrogens is 319 g/mol. The highest BCUT2D eigenvalue weighted by Gasteiger charge is 2.36. The molecule has 2 N–H and O–H groups in total. The lowest BCUT2D eigenvalue weighted by molar-refractivity contribution is -0.137. The topological polar surface area (TPSA) is 55.6 Å². The number of nitrogens with zero attached hydrogens (tertiary/aromatic N) is 1. The summed E-state index contributed by atoms with van der Waals surface area (Å²) in [5.74, 6) is -0.393. The van der Waals surface area contributed by atoms with Crippen molar-refractivity contribution in [2.45, 2.75) is 31.4 Å². The van der Waals surface area contributed by atoms with Crippen molar-refractivity contribution < 1.29 is 13.9 Å². The van der Waals surface area contributed by atoms with E-state index in [1.54, 1.807) is 17.0 Å². The van der Waals surface area contributed by atoms with Crippen LogP contribution in [0.5, 0.6) is 5.75 Å². The van der Waals surface area contributed by atoms with E-state index in [1.807, 2.05) is 37.3 Å². The summed E-state index contributed by atoms with van der Waals surface area (Å²) in [5.41, 5.74) is 7.40. The van der Waals surface area contributed by atoms with E-state index in [1.165, 1.54) is 12.1 Å². The molecule has 0 radical (unpaired) electrons. The normalized spacial score (nSPS) is 21.2. The van der Waals surface area contributed by atoms with E-state index in [4.69, 9.17) is 10.5 Å². The first-order valence-corrected chi connectivity index (χ1v) is 8.60. The van der Waals surface area contributed by atoms with E-state index >= 15 is 0 Å². The van der Waals surface area contributed by atoms with Gasteiger partial charge in [0.05, 0.1) is 0 Å². The molecule has 1 saturated heterocycles. The predicted molar refractivity (Wildman–Crippen MR) is 94.8 cm³/mol. The number of nitrogens with two attached hydrogens (primary N) is 1. The lowest BCUT2D eigenvalue weighted by Crippen LogP contribution is -2.41. The van der Waals surface area contributed by atoms with E-state index in [9.17, 15) is 9.18 Å². The number of halogens is 1. The average Bonchev–Trinajstić information content (AvgIpc) is 3.03. The first kappa shape index (κ1) is 17.4. The molecule has 1 aliphatic heterocycles. The monoisotopic (exact) mass is 342 g/mol. The number of hydrogen-bond acceptors (Lipinski definition) is 3. The number of hydrogen-bond donors (Lipinski definition) is 1. The van der Waals surface area contributed by atoms with Gasteiger partial charge in [-0.3, -0.25) is 4.79 Å². The highest BCUT2D eigenvalue weighted by Crippen LogP contribution is 2.28. The maximum atomic E-state index is 13.8. The van der Waals surface area contributed by atoms with E-state index in [0.717, 1.165) is 5.56 Å². The first-order valence-electron chi connectivity index (χ1n) is 8.60. The van der Waals surface area contributed by atoms with Gasteiger partial charge >= 0.3 is 0 Å². The quantitative estimate of drug-likeness (QED) is 0.909. The Kier molecular flexibility index (Phi) is 5.34. The Labute approximate surface area is 147 Å². The highest BCUT2D eigenvalue weighted by molar-refractivity contribution is 5.81. The zero-order valence-corrected chi connectivity index (χ0v) is 14.3. The summed E-state index contributed by atoms with van der Waals surface area (Å²) in [6.45, 7) is 2.89. The molecule has 0 aromatic heterocycles. The van der Waals surface area contributed by atoms with Crippen molar-refractivity contribution in [3.8, 4) is 5.75 Å². The minimum atomic E-state index is -0.710. The predicted octanol–water partition coefficient (Wildman–Crippen LogP) is 2.94. The molecule has 1 unspecified atom stereocenters. The summed E-state index contributed by atoms with van der Waals surface area (Å²) < 4.78 is 19.4. The SMILES string of the molecule is CCC(Oc1ccccc1F)C(=O)N1C[C@@H](N)[C@H](c2ccccc2)C1. The zero-order valence-electron chi connectivity index (χ0n) is 14.3. The molecular formula is C20H23FN2O2. The van der Waals surface area contributed by atoms with Crippen molar-refractivity contribution in [3.05, 3.63) is 66.0 Å². The van der Waals surface area contributed by atoms with Crippen LogP contribution in [-0.4, -0.2) is 36.0 Å². The summed E-state index contributed by atoms with van der Waals surface area (Å²) in [5, 5.41) is 0. The molecule has 132 valence electrons. The van der Waals surface area contributed by atoms with E-state index < -0.39 is 11.9 Å². The van der Waals surface area contributed by atoms with Gasteiger partial charge in [-0.25, -0.2) is 4.39 Å². The van der Waals surface area contributed by atoms with Crippen LogP contribution in [-0.2, 0) is 4.79 Å². The van der Waals surface area contributed by atoms with Gasteiger partial charge in [-0.05, 0) is 24.1 Å². The minimum absolute atomic E-state index is 0.103. The third-order valence-corrected chi connectivity index (χ3v) is 4.66. The Morgan fingerprint density at radius 1 is 1.20 bits per heavy atom. The molecule has 3 atom stereocenters. The van der Waals surface area contributed by atoms with Crippen LogP contribution < -0.4 is 10.5 Å².